The molecule has 8 rings (SSSR count). The summed E-state index contributed by atoms with van der Waals surface area (Å²) in [7, 11) is 2.57. The third-order valence-corrected chi connectivity index (χ3v) is 13.1. The van der Waals surface area contributed by atoms with Crippen molar-refractivity contribution in [2.75, 3.05) is 27.3 Å². The summed E-state index contributed by atoms with van der Waals surface area (Å²) in [6, 6.07) is 18.1. The number of imidazole rings is 1. The highest BCUT2D eigenvalue weighted by molar-refractivity contribution is 6.04. The Kier molecular flexibility index (Phi) is 12.3. The fourth-order valence-corrected chi connectivity index (χ4v) is 9.17. The molecule has 0 radical (unpaired) electrons. The molecule has 2 saturated heterocycles. The van der Waals surface area contributed by atoms with E-state index in [1.165, 1.54) is 14.2 Å². The minimum Gasteiger partial charge on any atom is -0.453 e. The van der Waals surface area contributed by atoms with E-state index in [1.807, 2.05) is 69.1 Å². The van der Waals surface area contributed by atoms with E-state index in [1.54, 1.807) is 11.1 Å². The SMILES string of the molecule is [C-]#[N+][C@H]1C[C@@H](c2ncc(-c3ccc(C#Cc4ccc5cc(C6=CN=C([C@@H]7CC8(CC8)CN7C(=O)[C@@H](NC(=O)OC)C(C)C)C6)ccc5c4)cc3)[nH]2)N(C(=O)[C@@H](NC(=O)OC)C(C)C)C1. The number of H-pyrrole nitrogens is 1. The number of carbonyl (C=O) groups excluding carboxylic acids is 4. The molecule has 3 aliphatic heterocycles. The maximum atomic E-state index is 13.9. The summed E-state index contributed by atoms with van der Waals surface area (Å²) in [6.45, 7) is 16.2. The van der Waals surface area contributed by atoms with Crippen LogP contribution in [0.4, 0.5) is 9.59 Å². The van der Waals surface area contributed by atoms with E-state index < -0.39 is 30.3 Å². The monoisotopic (exact) mass is 862 g/mol. The maximum Gasteiger partial charge on any atom is 0.407 e. The Hall–Kier alpha value is -6.93. The van der Waals surface area contributed by atoms with Gasteiger partial charge in [0.25, 0.3) is 0 Å². The van der Waals surface area contributed by atoms with Gasteiger partial charge in [0.05, 0.1) is 51.2 Å². The number of aromatic amines is 1. The van der Waals surface area contributed by atoms with Crippen molar-refractivity contribution in [3.8, 4) is 23.1 Å². The first kappa shape index (κ1) is 43.7. The second-order valence-electron chi connectivity index (χ2n) is 18.2. The summed E-state index contributed by atoms with van der Waals surface area (Å²) in [5, 5.41) is 7.58. The molecule has 3 fully saturated rings. The predicted molar refractivity (Wildman–Crippen MR) is 244 cm³/mol. The van der Waals surface area contributed by atoms with Crippen LogP contribution in [0.5, 0.6) is 0 Å². The van der Waals surface area contributed by atoms with Crippen molar-refractivity contribution in [3.63, 3.8) is 0 Å². The van der Waals surface area contributed by atoms with E-state index in [0.717, 1.165) is 69.3 Å². The van der Waals surface area contributed by atoms with Crippen LogP contribution in [0.2, 0.25) is 0 Å². The number of benzene rings is 3. The van der Waals surface area contributed by atoms with Crippen molar-refractivity contribution in [1.82, 2.24) is 30.4 Å². The molecule has 3 N–H and O–H groups in total. The molecule has 4 aromatic rings. The lowest BCUT2D eigenvalue weighted by Gasteiger charge is -2.31. The Bertz CT molecular complexity index is 2640. The lowest BCUT2D eigenvalue weighted by molar-refractivity contribution is -0.135. The third-order valence-electron chi connectivity index (χ3n) is 13.1. The van der Waals surface area contributed by atoms with Crippen LogP contribution in [-0.2, 0) is 19.1 Å². The number of rotatable bonds is 10. The number of methoxy groups -OCH3 is 2. The molecule has 0 unspecified atom stereocenters. The van der Waals surface area contributed by atoms with Gasteiger partial charge < -0.3 is 39.7 Å². The molecule has 64 heavy (non-hydrogen) atoms. The van der Waals surface area contributed by atoms with E-state index in [-0.39, 0.29) is 47.7 Å². The number of hydrogen-bond donors (Lipinski definition) is 3. The number of aliphatic imine (C=N–C) groups is 1. The molecule has 5 atom stereocenters. The number of aromatic nitrogens is 2. The quantitative estimate of drug-likeness (QED) is 0.110. The van der Waals surface area contributed by atoms with Gasteiger partial charge in [-0.2, -0.15) is 0 Å². The molecule has 14 nitrogen and oxygen atoms in total. The Morgan fingerprint density at radius 2 is 1.44 bits per heavy atom. The largest absolute Gasteiger partial charge is 0.453 e. The number of fused-ring (bicyclic) bond motifs is 1. The molecule has 1 spiro atoms. The van der Waals surface area contributed by atoms with Gasteiger partial charge in [-0.3, -0.25) is 14.6 Å². The van der Waals surface area contributed by atoms with Crippen LogP contribution >= 0.6 is 0 Å². The lowest BCUT2D eigenvalue weighted by atomic mass is 9.94. The van der Waals surface area contributed by atoms with Gasteiger partial charge in [-0.25, -0.2) is 21.1 Å². The number of nitrogens with zero attached hydrogens (tertiary/aromatic N) is 5. The minimum absolute atomic E-state index is 0.0788. The van der Waals surface area contributed by atoms with Gasteiger partial charge in [0.15, 0.2) is 0 Å². The molecule has 4 heterocycles. The number of hydrogen-bond acceptors (Lipinski definition) is 8. The summed E-state index contributed by atoms with van der Waals surface area (Å²) >= 11 is 0. The standard InChI is InChI=1S/C50H54N8O6/c1-29(2)43(55-48(61)63-6)46(59)57-27-38(51-5)23-41(57)45-53-26-40(54-45)33-13-10-31(11-14-33)8-9-32-12-15-35-21-36(17-16-34(35)20-32)37-22-39(52-25-37)42-24-50(18-19-50)28-58(42)47(60)44(30(3)4)56-49(62)64-7/h10-17,20-21,25-26,29-30,38,41-44H,18-19,22-24,27-28H2,1-4,6-7H3,(H,53,54)(H,55,61)(H,56,62)/t38-,41-,42-,43-,44-/m0/s1. The van der Waals surface area contributed by atoms with Gasteiger partial charge in [0.1, 0.15) is 17.9 Å². The summed E-state index contributed by atoms with van der Waals surface area (Å²) in [4.78, 5) is 72.0. The zero-order valence-corrected chi connectivity index (χ0v) is 37.1. The smallest absolute Gasteiger partial charge is 0.407 e. The Morgan fingerprint density at radius 1 is 0.828 bits per heavy atom. The van der Waals surface area contributed by atoms with Gasteiger partial charge in [-0.15, -0.1) is 0 Å². The summed E-state index contributed by atoms with van der Waals surface area (Å²) in [5.74, 6) is 6.55. The number of amides is 4. The fraction of sp³-hybridized carbons (Fsp3) is 0.420. The number of nitrogens with one attached hydrogen (secondary N) is 3. The molecule has 1 saturated carbocycles. The molecular weight excluding hydrogens is 809 g/mol. The van der Waals surface area contributed by atoms with Crippen molar-refractivity contribution < 1.29 is 28.7 Å². The second-order valence-corrected chi connectivity index (χ2v) is 18.2. The summed E-state index contributed by atoms with van der Waals surface area (Å²) < 4.78 is 9.58. The van der Waals surface area contributed by atoms with Crippen LogP contribution in [0.25, 0.3) is 32.4 Å². The van der Waals surface area contributed by atoms with Crippen LogP contribution in [0.1, 0.15) is 88.4 Å². The molecule has 330 valence electrons. The molecule has 1 aliphatic carbocycles. The Labute approximate surface area is 373 Å². The van der Waals surface area contributed by atoms with E-state index in [0.29, 0.717) is 25.2 Å². The molecule has 1 aromatic heterocycles. The van der Waals surface area contributed by atoms with Gasteiger partial charge in [0, 0.05) is 36.0 Å². The zero-order valence-electron chi connectivity index (χ0n) is 37.1. The van der Waals surface area contributed by atoms with E-state index in [2.05, 4.69) is 67.6 Å². The normalized spacial score (nSPS) is 20.6. The highest BCUT2D eigenvalue weighted by Gasteiger charge is 2.55. The van der Waals surface area contributed by atoms with Crippen LogP contribution in [0.3, 0.4) is 0 Å². The van der Waals surface area contributed by atoms with Crippen molar-refractivity contribution in [2.45, 2.75) is 90.0 Å². The van der Waals surface area contributed by atoms with Crippen molar-refractivity contribution in [3.05, 3.63) is 107 Å². The Morgan fingerprint density at radius 3 is 2.08 bits per heavy atom. The highest BCUT2D eigenvalue weighted by Crippen LogP contribution is 2.55. The average molecular weight is 863 g/mol. The lowest BCUT2D eigenvalue weighted by Crippen LogP contribution is -2.53. The van der Waals surface area contributed by atoms with Gasteiger partial charge in [-0.05, 0) is 94.3 Å². The van der Waals surface area contributed by atoms with Crippen LogP contribution in [-0.4, -0.2) is 101 Å². The number of likely N-dealkylation sites (tertiary alicyclic amines) is 2. The number of ether oxygens (including phenoxy) is 2. The van der Waals surface area contributed by atoms with Crippen LogP contribution in [0.15, 0.2) is 78.1 Å². The summed E-state index contributed by atoms with van der Waals surface area (Å²) in [5.41, 5.74) is 6.77. The molecule has 4 amide bonds. The first-order valence-corrected chi connectivity index (χ1v) is 21.9. The van der Waals surface area contributed by atoms with Gasteiger partial charge >= 0.3 is 12.2 Å². The van der Waals surface area contributed by atoms with Crippen LogP contribution in [0, 0.1) is 35.7 Å². The highest BCUT2D eigenvalue weighted by atomic mass is 16.5. The molecule has 3 aromatic carbocycles. The number of alkyl carbamates (subject to hydrolysis) is 2. The van der Waals surface area contributed by atoms with Crippen molar-refractivity contribution in [2.24, 2.45) is 22.2 Å². The van der Waals surface area contributed by atoms with E-state index in [9.17, 15) is 19.2 Å². The summed E-state index contributed by atoms with van der Waals surface area (Å²) in [6.07, 6.45) is 6.59. The fourth-order valence-electron chi connectivity index (χ4n) is 9.17. The second kappa shape index (κ2) is 18.0. The molecule has 14 heteroatoms. The van der Waals surface area contributed by atoms with E-state index in [4.69, 9.17) is 21.0 Å². The first-order valence-electron chi connectivity index (χ1n) is 21.9. The number of carbonyl (C=O) groups is 4. The van der Waals surface area contributed by atoms with Gasteiger partial charge in [-0.1, -0.05) is 69.9 Å². The number of allylic oxidation sites excluding steroid dienone is 1. The van der Waals surface area contributed by atoms with Gasteiger partial charge in [0.2, 0.25) is 17.9 Å². The van der Waals surface area contributed by atoms with Crippen molar-refractivity contribution >= 4 is 46.1 Å². The van der Waals surface area contributed by atoms with Crippen LogP contribution < -0.4 is 10.6 Å². The maximum absolute atomic E-state index is 13.9. The molecule has 4 aliphatic rings. The first-order chi connectivity index (χ1) is 30.8. The van der Waals surface area contributed by atoms with E-state index >= 15 is 0 Å². The van der Waals surface area contributed by atoms with Crippen molar-refractivity contribution in [1.29, 1.82) is 0 Å². The average Bonchev–Trinajstić information content (AvgIpc) is 3.80. The molecular formula is C50H54N8O6. The third kappa shape index (κ3) is 9.09. The molecule has 0 bridgehead atoms. The predicted octanol–water partition coefficient (Wildman–Crippen LogP) is 7.52. The Balaban J connectivity index is 0.908. The topological polar surface area (TPSA) is 163 Å². The minimum atomic E-state index is -0.802. The zero-order chi connectivity index (χ0) is 45.3.